The second-order valence-electron chi connectivity index (χ2n) is 8.21. The maximum atomic E-state index is 13.0. The van der Waals surface area contributed by atoms with Crippen LogP contribution >= 0.6 is 0 Å². The molecule has 136 valence electrons. The Balaban J connectivity index is 1.63. The van der Waals surface area contributed by atoms with Crippen molar-refractivity contribution in [2.24, 2.45) is 5.41 Å². The van der Waals surface area contributed by atoms with Gasteiger partial charge in [-0.25, -0.2) is 4.98 Å². The van der Waals surface area contributed by atoms with Gasteiger partial charge in [-0.15, -0.1) is 0 Å². The van der Waals surface area contributed by atoms with E-state index >= 15 is 0 Å². The van der Waals surface area contributed by atoms with Gasteiger partial charge in [-0.3, -0.25) is 4.79 Å². The SMILES string of the molecule is CC1(C)CN(c2ncccc2C(=O)N2CCCC2)CC1c1ccccc1. The van der Waals surface area contributed by atoms with Crippen LogP contribution in [-0.2, 0) is 0 Å². The van der Waals surface area contributed by atoms with Gasteiger partial charge in [0.2, 0.25) is 0 Å². The Hall–Kier alpha value is -2.36. The molecule has 0 saturated carbocycles. The van der Waals surface area contributed by atoms with E-state index in [0.29, 0.717) is 5.92 Å². The van der Waals surface area contributed by atoms with Crippen LogP contribution < -0.4 is 4.90 Å². The summed E-state index contributed by atoms with van der Waals surface area (Å²) >= 11 is 0. The zero-order valence-corrected chi connectivity index (χ0v) is 15.7. The van der Waals surface area contributed by atoms with Gasteiger partial charge in [0.05, 0.1) is 5.56 Å². The third-order valence-electron chi connectivity index (χ3n) is 5.86. The Morgan fingerprint density at radius 3 is 2.54 bits per heavy atom. The van der Waals surface area contributed by atoms with Crippen molar-refractivity contribution in [3.63, 3.8) is 0 Å². The van der Waals surface area contributed by atoms with E-state index < -0.39 is 0 Å². The molecule has 0 spiro atoms. The molecule has 4 rings (SSSR count). The van der Waals surface area contributed by atoms with E-state index in [1.807, 2.05) is 17.0 Å². The summed E-state index contributed by atoms with van der Waals surface area (Å²) in [5, 5.41) is 0. The van der Waals surface area contributed by atoms with Crippen molar-refractivity contribution in [1.29, 1.82) is 0 Å². The minimum Gasteiger partial charge on any atom is -0.355 e. The fraction of sp³-hybridized carbons (Fsp3) is 0.455. The standard InChI is InChI=1S/C22H27N3O/c1-22(2)16-25(15-19(22)17-9-4-3-5-10-17)20-18(11-8-12-23-20)21(26)24-13-6-7-14-24/h3-5,8-12,19H,6-7,13-16H2,1-2H3. The maximum absolute atomic E-state index is 13.0. The second-order valence-corrected chi connectivity index (χ2v) is 8.21. The zero-order chi connectivity index (χ0) is 18.1. The molecule has 1 unspecified atom stereocenters. The molecule has 0 aliphatic carbocycles. The van der Waals surface area contributed by atoms with Crippen molar-refractivity contribution >= 4 is 11.7 Å². The largest absolute Gasteiger partial charge is 0.355 e. The highest BCUT2D eigenvalue weighted by Crippen LogP contribution is 2.44. The molecule has 4 heteroatoms. The lowest BCUT2D eigenvalue weighted by Gasteiger charge is -2.26. The van der Waals surface area contributed by atoms with Crippen LogP contribution in [0.4, 0.5) is 5.82 Å². The van der Waals surface area contributed by atoms with Crippen LogP contribution in [0.3, 0.4) is 0 Å². The molecule has 1 amide bonds. The number of pyridine rings is 1. The fourth-order valence-electron chi connectivity index (χ4n) is 4.44. The van der Waals surface area contributed by atoms with Crippen molar-refractivity contribution < 1.29 is 4.79 Å². The molecule has 2 aliphatic rings. The third kappa shape index (κ3) is 3.09. The molecule has 0 radical (unpaired) electrons. The quantitative estimate of drug-likeness (QED) is 0.842. The number of carbonyl (C=O) groups is 1. The normalized spacial score (nSPS) is 22.0. The summed E-state index contributed by atoms with van der Waals surface area (Å²) in [4.78, 5) is 21.9. The lowest BCUT2D eigenvalue weighted by molar-refractivity contribution is 0.0793. The molecule has 1 aromatic carbocycles. The van der Waals surface area contributed by atoms with Crippen LogP contribution in [0.5, 0.6) is 0 Å². The third-order valence-corrected chi connectivity index (χ3v) is 5.86. The van der Waals surface area contributed by atoms with Crippen LogP contribution in [0.15, 0.2) is 48.7 Å². The Morgan fingerprint density at radius 1 is 1.08 bits per heavy atom. The van der Waals surface area contributed by atoms with Gasteiger partial charge in [0.1, 0.15) is 5.82 Å². The van der Waals surface area contributed by atoms with Gasteiger partial charge in [-0.2, -0.15) is 0 Å². The monoisotopic (exact) mass is 349 g/mol. The number of anilines is 1. The number of benzene rings is 1. The molecular weight excluding hydrogens is 322 g/mol. The first-order valence-corrected chi connectivity index (χ1v) is 9.60. The topological polar surface area (TPSA) is 36.4 Å². The molecule has 0 N–H and O–H groups in total. The van der Waals surface area contributed by atoms with E-state index in [0.717, 1.165) is 50.4 Å². The zero-order valence-electron chi connectivity index (χ0n) is 15.7. The summed E-state index contributed by atoms with van der Waals surface area (Å²) in [6.45, 7) is 8.17. The number of amides is 1. The molecule has 0 bridgehead atoms. The van der Waals surface area contributed by atoms with Crippen LogP contribution in [0.1, 0.15) is 48.5 Å². The van der Waals surface area contributed by atoms with Gasteiger partial charge in [0.15, 0.2) is 0 Å². The molecular formula is C22H27N3O. The number of hydrogen-bond donors (Lipinski definition) is 0. The number of rotatable bonds is 3. The van der Waals surface area contributed by atoms with Crippen LogP contribution in [0.2, 0.25) is 0 Å². The lowest BCUT2D eigenvalue weighted by Crippen LogP contribution is -2.31. The van der Waals surface area contributed by atoms with E-state index in [4.69, 9.17) is 0 Å². The Kier molecular flexibility index (Phi) is 4.43. The molecule has 3 heterocycles. The number of aromatic nitrogens is 1. The van der Waals surface area contributed by atoms with E-state index in [1.54, 1.807) is 6.20 Å². The molecule has 2 aliphatic heterocycles. The lowest BCUT2D eigenvalue weighted by atomic mass is 9.78. The number of likely N-dealkylation sites (tertiary alicyclic amines) is 1. The van der Waals surface area contributed by atoms with Crippen molar-refractivity contribution in [1.82, 2.24) is 9.88 Å². The first-order chi connectivity index (χ1) is 12.6. The van der Waals surface area contributed by atoms with E-state index in [9.17, 15) is 4.79 Å². The Morgan fingerprint density at radius 2 is 1.81 bits per heavy atom. The van der Waals surface area contributed by atoms with Gasteiger partial charge in [-0.05, 0) is 36.0 Å². The van der Waals surface area contributed by atoms with Gasteiger partial charge in [0.25, 0.3) is 5.91 Å². The smallest absolute Gasteiger partial charge is 0.257 e. The van der Waals surface area contributed by atoms with Crippen molar-refractivity contribution in [3.8, 4) is 0 Å². The Labute approximate surface area is 155 Å². The molecule has 1 atom stereocenters. The summed E-state index contributed by atoms with van der Waals surface area (Å²) in [5.41, 5.74) is 2.24. The van der Waals surface area contributed by atoms with E-state index in [-0.39, 0.29) is 11.3 Å². The summed E-state index contributed by atoms with van der Waals surface area (Å²) < 4.78 is 0. The maximum Gasteiger partial charge on any atom is 0.257 e. The van der Waals surface area contributed by atoms with Crippen LogP contribution in [0, 0.1) is 5.41 Å². The first-order valence-electron chi connectivity index (χ1n) is 9.60. The van der Waals surface area contributed by atoms with Crippen molar-refractivity contribution in [3.05, 3.63) is 59.8 Å². The molecule has 1 aromatic heterocycles. The predicted octanol–water partition coefficient (Wildman–Crippen LogP) is 3.95. The molecule has 26 heavy (non-hydrogen) atoms. The molecule has 2 saturated heterocycles. The van der Waals surface area contributed by atoms with Gasteiger partial charge < -0.3 is 9.80 Å². The average Bonchev–Trinajstić information content (AvgIpc) is 3.29. The van der Waals surface area contributed by atoms with Gasteiger partial charge >= 0.3 is 0 Å². The second kappa shape index (κ2) is 6.75. The minimum absolute atomic E-state index is 0.131. The molecule has 4 nitrogen and oxygen atoms in total. The Bertz CT molecular complexity index is 781. The van der Waals surface area contributed by atoms with Crippen LogP contribution in [-0.4, -0.2) is 42.0 Å². The van der Waals surface area contributed by atoms with Gasteiger partial charge in [-0.1, -0.05) is 44.2 Å². The number of hydrogen-bond acceptors (Lipinski definition) is 3. The van der Waals surface area contributed by atoms with Crippen molar-refractivity contribution in [2.75, 3.05) is 31.1 Å². The average molecular weight is 349 g/mol. The molecule has 2 fully saturated rings. The van der Waals surface area contributed by atoms with Crippen LogP contribution in [0.25, 0.3) is 0 Å². The summed E-state index contributed by atoms with van der Waals surface area (Å²) in [6, 6.07) is 14.5. The van der Waals surface area contributed by atoms with Gasteiger partial charge in [0, 0.05) is 38.3 Å². The van der Waals surface area contributed by atoms with E-state index in [1.165, 1.54) is 5.56 Å². The highest BCUT2D eigenvalue weighted by Gasteiger charge is 2.41. The predicted molar refractivity (Wildman–Crippen MR) is 105 cm³/mol. The first kappa shape index (κ1) is 17.1. The summed E-state index contributed by atoms with van der Waals surface area (Å²) in [7, 11) is 0. The minimum atomic E-state index is 0.131. The number of carbonyl (C=O) groups excluding carboxylic acids is 1. The van der Waals surface area contributed by atoms with Crippen molar-refractivity contribution in [2.45, 2.75) is 32.6 Å². The number of nitrogens with zero attached hydrogens (tertiary/aromatic N) is 3. The highest BCUT2D eigenvalue weighted by molar-refractivity contribution is 5.99. The summed E-state index contributed by atoms with van der Waals surface area (Å²) in [5.74, 6) is 1.41. The van der Waals surface area contributed by atoms with E-state index in [2.05, 4.69) is 54.1 Å². The molecule has 2 aromatic rings. The summed E-state index contributed by atoms with van der Waals surface area (Å²) in [6.07, 6.45) is 4.02. The fourth-order valence-corrected chi connectivity index (χ4v) is 4.44. The highest BCUT2D eigenvalue weighted by atomic mass is 16.2.